The lowest BCUT2D eigenvalue weighted by atomic mass is 9.95. The normalized spacial score (nSPS) is 15.3. The van der Waals surface area contributed by atoms with Crippen molar-refractivity contribution in [3.05, 3.63) is 62.4 Å². The van der Waals surface area contributed by atoms with Gasteiger partial charge in [0, 0.05) is 41.0 Å². The van der Waals surface area contributed by atoms with Crippen LogP contribution in [-0.4, -0.2) is 22.5 Å². The first-order valence-corrected chi connectivity index (χ1v) is 9.46. The minimum absolute atomic E-state index is 0.186. The van der Waals surface area contributed by atoms with Gasteiger partial charge in [0.2, 0.25) is 5.43 Å². The minimum Gasteiger partial charge on any atom is -0.373 e. The highest BCUT2D eigenvalue weighted by molar-refractivity contribution is 5.99. The van der Waals surface area contributed by atoms with Crippen LogP contribution >= 0.6 is 0 Å². The molecule has 3 aromatic rings. The predicted molar refractivity (Wildman–Crippen MR) is 108 cm³/mol. The van der Waals surface area contributed by atoms with Crippen LogP contribution in [0.5, 0.6) is 0 Å². The zero-order valence-corrected chi connectivity index (χ0v) is 15.8. The number of rotatable bonds is 3. The topological polar surface area (TPSA) is 103 Å². The number of benzene rings is 1. The van der Waals surface area contributed by atoms with Crippen molar-refractivity contribution in [3.8, 4) is 11.1 Å². The maximum Gasteiger partial charge on any atom is 0.322 e. The number of carbonyl (C=O) groups excluding carboxylic acids is 1. The second kappa shape index (κ2) is 6.59. The summed E-state index contributed by atoms with van der Waals surface area (Å²) in [7, 11) is 1.81. The molecule has 0 unspecified atom stereocenters. The molecule has 0 saturated heterocycles. The van der Waals surface area contributed by atoms with Crippen molar-refractivity contribution in [3.63, 3.8) is 0 Å². The molecule has 3 heterocycles. The monoisotopic (exact) mass is 390 g/mol. The summed E-state index contributed by atoms with van der Waals surface area (Å²) in [6.45, 7) is 0.684. The number of nitroso groups, excluding NO2 is 1. The molecule has 0 radical (unpaired) electrons. The van der Waals surface area contributed by atoms with Gasteiger partial charge in [0.05, 0.1) is 24.4 Å². The zero-order valence-electron chi connectivity index (χ0n) is 15.8. The second-order valence-corrected chi connectivity index (χ2v) is 7.33. The van der Waals surface area contributed by atoms with Gasteiger partial charge in [0.25, 0.3) is 0 Å². The number of fused-ring (bicyclic) bond motifs is 5. The predicted octanol–water partition coefficient (Wildman–Crippen LogP) is 3.38. The third-order valence-electron chi connectivity index (χ3n) is 5.56. The molecule has 5 rings (SSSR count). The van der Waals surface area contributed by atoms with Crippen molar-refractivity contribution >= 4 is 22.6 Å². The number of nitrogens with zero attached hydrogens (tertiary/aromatic N) is 3. The lowest BCUT2D eigenvalue weighted by molar-refractivity contribution is 0.0999. The minimum atomic E-state index is -1.04. The van der Waals surface area contributed by atoms with Crippen LogP contribution in [-0.2, 0) is 18.0 Å². The Kier molecular flexibility index (Phi) is 4.02. The van der Waals surface area contributed by atoms with Gasteiger partial charge in [0.1, 0.15) is 11.4 Å². The van der Waals surface area contributed by atoms with Crippen LogP contribution in [0.1, 0.15) is 40.5 Å². The first kappa shape index (κ1) is 17.7. The molecule has 1 aliphatic carbocycles. The Hall–Kier alpha value is -3.39. The molecular weight excluding hydrogens is 372 g/mol. The van der Waals surface area contributed by atoms with Crippen molar-refractivity contribution in [2.45, 2.75) is 32.1 Å². The third kappa shape index (κ3) is 2.75. The van der Waals surface area contributed by atoms with Crippen molar-refractivity contribution < 1.29 is 9.53 Å². The highest BCUT2D eigenvalue weighted by Gasteiger charge is 2.30. The van der Waals surface area contributed by atoms with Gasteiger partial charge in [-0.05, 0) is 36.6 Å². The van der Waals surface area contributed by atoms with E-state index in [1.807, 2.05) is 29.8 Å². The average Bonchev–Trinajstić information content (AvgIpc) is 3.59. The van der Waals surface area contributed by atoms with Crippen LogP contribution in [0.15, 0.2) is 40.4 Å². The average molecular weight is 390 g/mol. The summed E-state index contributed by atoms with van der Waals surface area (Å²) >= 11 is 0. The molecule has 1 aromatic carbocycles. The number of aromatic nitrogens is 2. The molecule has 1 aliphatic heterocycles. The number of hydrogen-bond donors (Lipinski definition) is 1. The highest BCUT2D eigenvalue weighted by Crippen LogP contribution is 2.41. The standard InChI is InChI=1S/C21H18N4O4/c1-22-18-7-6-13-12-4-5-14-19(16(12)9-29-10-17(13)23-18)25(11-2-3-11)8-15(20(14)26)21(27)24-28/h4-8,11H,2-3,9-10H2,1H3,(H,22,23). The van der Waals surface area contributed by atoms with Crippen LogP contribution in [0.25, 0.3) is 22.0 Å². The maximum absolute atomic E-state index is 12.9. The summed E-state index contributed by atoms with van der Waals surface area (Å²) in [4.78, 5) is 40.2. The fourth-order valence-corrected chi connectivity index (χ4v) is 4.01. The van der Waals surface area contributed by atoms with Crippen molar-refractivity contribution in [2.75, 3.05) is 12.4 Å². The van der Waals surface area contributed by atoms with Gasteiger partial charge in [-0.2, -0.15) is 0 Å². The van der Waals surface area contributed by atoms with Gasteiger partial charge in [-0.15, -0.1) is 4.91 Å². The molecule has 8 heteroatoms. The summed E-state index contributed by atoms with van der Waals surface area (Å²) in [5.74, 6) is -0.275. The Bertz CT molecular complexity index is 1240. The third-order valence-corrected chi connectivity index (χ3v) is 5.56. The molecule has 0 atom stereocenters. The molecule has 8 nitrogen and oxygen atoms in total. The molecule has 1 amide bonds. The lowest BCUT2D eigenvalue weighted by Gasteiger charge is -2.17. The largest absolute Gasteiger partial charge is 0.373 e. The Morgan fingerprint density at radius 1 is 1.21 bits per heavy atom. The number of nitrogens with one attached hydrogen (secondary N) is 1. The maximum atomic E-state index is 12.9. The molecule has 0 bridgehead atoms. The Morgan fingerprint density at radius 3 is 2.72 bits per heavy atom. The van der Waals surface area contributed by atoms with E-state index < -0.39 is 11.3 Å². The summed E-state index contributed by atoms with van der Waals surface area (Å²) in [6, 6.07) is 7.69. The van der Waals surface area contributed by atoms with E-state index in [2.05, 4.69) is 15.5 Å². The van der Waals surface area contributed by atoms with Crippen LogP contribution in [0.4, 0.5) is 5.82 Å². The number of pyridine rings is 2. The molecule has 1 fully saturated rings. The van der Waals surface area contributed by atoms with Gasteiger partial charge in [-0.25, -0.2) is 4.98 Å². The SMILES string of the molecule is CNc1ccc2c(n1)COCc1c-2ccc2c(=O)c(C(=O)N=O)cn(C3CC3)c12. The molecule has 146 valence electrons. The van der Waals surface area contributed by atoms with E-state index in [4.69, 9.17) is 4.74 Å². The number of carbonyl (C=O) groups is 1. The molecule has 2 aromatic heterocycles. The number of anilines is 1. The van der Waals surface area contributed by atoms with Gasteiger partial charge < -0.3 is 14.6 Å². The van der Waals surface area contributed by atoms with Gasteiger partial charge >= 0.3 is 5.91 Å². The molecule has 1 saturated carbocycles. The summed E-state index contributed by atoms with van der Waals surface area (Å²) < 4.78 is 7.85. The molecule has 29 heavy (non-hydrogen) atoms. The molecule has 2 aliphatic rings. The van der Waals surface area contributed by atoms with E-state index in [1.54, 1.807) is 6.07 Å². The van der Waals surface area contributed by atoms with Gasteiger partial charge in [0.15, 0.2) is 0 Å². The summed E-state index contributed by atoms with van der Waals surface area (Å²) in [6.07, 6.45) is 3.39. The number of amides is 1. The Labute approximate surface area is 165 Å². The smallest absolute Gasteiger partial charge is 0.322 e. The van der Waals surface area contributed by atoms with E-state index >= 15 is 0 Å². The second-order valence-electron chi connectivity index (χ2n) is 7.33. The van der Waals surface area contributed by atoms with E-state index in [-0.39, 0.29) is 11.6 Å². The van der Waals surface area contributed by atoms with E-state index in [0.29, 0.717) is 18.6 Å². The lowest BCUT2D eigenvalue weighted by Crippen LogP contribution is -2.19. The Balaban J connectivity index is 1.83. The van der Waals surface area contributed by atoms with E-state index in [9.17, 15) is 14.5 Å². The Morgan fingerprint density at radius 2 is 2.00 bits per heavy atom. The van der Waals surface area contributed by atoms with E-state index in [0.717, 1.165) is 46.6 Å². The summed E-state index contributed by atoms with van der Waals surface area (Å²) in [5.41, 5.74) is 3.73. The first-order chi connectivity index (χ1) is 14.1. The highest BCUT2D eigenvalue weighted by atomic mass is 16.5. The number of hydrogen-bond acceptors (Lipinski definition) is 6. The van der Waals surface area contributed by atoms with Gasteiger partial charge in [-0.3, -0.25) is 9.59 Å². The van der Waals surface area contributed by atoms with Crippen LogP contribution < -0.4 is 10.7 Å². The van der Waals surface area contributed by atoms with Crippen LogP contribution in [0.3, 0.4) is 0 Å². The first-order valence-electron chi connectivity index (χ1n) is 9.46. The number of ether oxygens (including phenoxy) is 1. The van der Waals surface area contributed by atoms with Crippen molar-refractivity contribution in [1.82, 2.24) is 9.55 Å². The quantitative estimate of drug-likeness (QED) is 0.688. The van der Waals surface area contributed by atoms with E-state index in [1.165, 1.54) is 6.20 Å². The van der Waals surface area contributed by atoms with Crippen molar-refractivity contribution in [2.24, 2.45) is 5.18 Å². The fraction of sp³-hybridized carbons (Fsp3) is 0.286. The molecular formula is C21H18N4O4. The van der Waals surface area contributed by atoms with Gasteiger partial charge in [-0.1, -0.05) is 6.07 Å². The summed E-state index contributed by atoms with van der Waals surface area (Å²) in [5, 5.41) is 5.89. The van der Waals surface area contributed by atoms with Crippen LogP contribution in [0.2, 0.25) is 0 Å². The van der Waals surface area contributed by atoms with Crippen LogP contribution in [0, 0.1) is 4.91 Å². The zero-order chi connectivity index (χ0) is 20.1. The molecule has 0 spiro atoms. The molecule has 1 N–H and O–H groups in total. The fourth-order valence-electron chi connectivity index (χ4n) is 4.01. The van der Waals surface area contributed by atoms with Crippen molar-refractivity contribution in [1.29, 1.82) is 0 Å².